The third-order valence-electron chi connectivity index (χ3n) is 6.48. The van der Waals surface area contributed by atoms with E-state index in [1.165, 1.54) is 18.4 Å². The summed E-state index contributed by atoms with van der Waals surface area (Å²) >= 11 is 0. The summed E-state index contributed by atoms with van der Waals surface area (Å²) in [6, 6.07) is 14.3. The molecule has 0 bridgehead atoms. The Morgan fingerprint density at radius 2 is 1.97 bits per heavy atom. The number of rotatable bonds is 7. The van der Waals surface area contributed by atoms with Crippen molar-refractivity contribution in [2.75, 3.05) is 23.9 Å². The fourth-order valence-electron chi connectivity index (χ4n) is 4.76. The lowest BCUT2D eigenvalue weighted by molar-refractivity contribution is -0.124. The third-order valence-corrected chi connectivity index (χ3v) is 6.48. The van der Waals surface area contributed by atoms with Crippen LogP contribution in [-0.2, 0) is 9.59 Å². The van der Waals surface area contributed by atoms with Crippen molar-refractivity contribution in [1.29, 1.82) is 0 Å². The van der Waals surface area contributed by atoms with E-state index in [4.69, 9.17) is 9.72 Å². The predicted molar refractivity (Wildman–Crippen MR) is 129 cm³/mol. The molecule has 1 aliphatic carbocycles. The van der Waals surface area contributed by atoms with Crippen LogP contribution < -0.4 is 15.0 Å². The van der Waals surface area contributed by atoms with Crippen LogP contribution in [-0.4, -0.2) is 35.0 Å². The number of amides is 2. The van der Waals surface area contributed by atoms with E-state index in [0.29, 0.717) is 18.2 Å². The first kappa shape index (κ1) is 21.2. The summed E-state index contributed by atoms with van der Waals surface area (Å²) < 4.78 is 7.10. The van der Waals surface area contributed by atoms with Crippen molar-refractivity contribution in [3.8, 4) is 5.75 Å². The highest BCUT2D eigenvalue weighted by atomic mass is 16.5. The summed E-state index contributed by atoms with van der Waals surface area (Å²) in [6.45, 7) is 0.588. The van der Waals surface area contributed by atoms with Crippen LogP contribution in [0, 0.1) is 0 Å². The second-order valence-corrected chi connectivity index (χ2v) is 8.62. The molecule has 1 unspecified atom stereocenters. The van der Waals surface area contributed by atoms with Crippen LogP contribution in [0.1, 0.15) is 44.6 Å². The van der Waals surface area contributed by atoms with E-state index < -0.39 is 6.04 Å². The Kier molecular flexibility index (Phi) is 5.86. The molecular formula is C26H28N4O3. The second-order valence-electron chi connectivity index (χ2n) is 8.62. The zero-order valence-corrected chi connectivity index (χ0v) is 18.8. The van der Waals surface area contributed by atoms with Crippen LogP contribution in [0.25, 0.3) is 11.0 Å². The van der Waals surface area contributed by atoms with Gasteiger partial charge in [-0.1, -0.05) is 23.8 Å². The minimum atomic E-state index is -0.606. The molecule has 5 rings (SSSR count). The molecule has 2 heterocycles. The zero-order valence-electron chi connectivity index (χ0n) is 18.8. The number of carbonyl (C=O) groups excluding carboxylic acids is 2. The fraction of sp³-hybridized carbons (Fsp3) is 0.346. The fourth-order valence-corrected chi connectivity index (χ4v) is 4.76. The zero-order chi connectivity index (χ0) is 22.8. The number of ether oxygens (including phenoxy) is 1. The molecule has 0 fully saturated rings. The van der Waals surface area contributed by atoms with Gasteiger partial charge in [0, 0.05) is 12.2 Å². The maximum atomic E-state index is 13.5. The van der Waals surface area contributed by atoms with Crippen molar-refractivity contribution < 1.29 is 14.3 Å². The molecule has 1 atom stereocenters. The first-order valence-corrected chi connectivity index (χ1v) is 11.5. The van der Waals surface area contributed by atoms with E-state index in [0.717, 1.165) is 36.0 Å². The Hall–Kier alpha value is -3.61. The molecule has 0 saturated carbocycles. The maximum Gasteiger partial charge on any atom is 0.253 e. The molecule has 33 heavy (non-hydrogen) atoms. The molecule has 0 radical (unpaired) electrons. The van der Waals surface area contributed by atoms with Gasteiger partial charge in [-0.3, -0.25) is 19.1 Å². The molecule has 2 aromatic carbocycles. The van der Waals surface area contributed by atoms with Gasteiger partial charge in [0.05, 0.1) is 24.6 Å². The largest absolute Gasteiger partial charge is 0.497 e. The summed E-state index contributed by atoms with van der Waals surface area (Å²) in [5.41, 5.74) is 3.80. The first-order chi connectivity index (χ1) is 16.1. The quantitative estimate of drug-likeness (QED) is 0.529. The molecule has 2 aliphatic rings. The predicted octanol–water partition coefficient (Wildman–Crippen LogP) is 4.85. The normalized spacial score (nSPS) is 17.7. The van der Waals surface area contributed by atoms with E-state index in [-0.39, 0.29) is 18.2 Å². The highest BCUT2D eigenvalue weighted by Crippen LogP contribution is 2.37. The van der Waals surface area contributed by atoms with Crippen LogP contribution in [0.3, 0.4) is 0 Å². The number of hydrogen-bond donors (Lipinski definition) is 1. The lowest BCUT2D eigenvalue weighted by Crippen LogP contribution is -2.32. The number of imidazole rings is 1. The van der Waals surface area contributed by atoms with E-state index in [9.17, 15) is 9.59 Å². The Labute approximate surface area is 193 Å². The topological polar surface area (TPSA) is 76.5 Å². The number of anilines is 2. The van der Waals surface area contributed by atoms with E-state index >= 15 is 0 Å². The molecule has 1 aliphatic heterocycles. The number of hydrogen-bond acceptors (Lipinski definition) is 4. The third kappa shape index (κ3) is 4.23. The Morgan fingerprint density at radius 3 is 2.73 bits per heavy atom. The van der Waals surface area contributed by atoms with Crippen molar-refractivity contribution >= 4 is 34.5 Å². The molecule has 0 spiro atoms. The summed E-state index contributed by atoms with van der Waals surface area (Å²) in [7, 11) is 1.60. The molecule has 3 aromatic rings. The van der Waals surface area contributed by atoms with Crippen molar-refractivity contribution in [2.45, 2.75) is 44.6 Å². The van der Waals surface area contributed by atoms with Gasteiger partial charge in [-0.25, -0.2) is 4.98 Å². The SMILES string of the molecule is COc1ccc(NC(=O)CC2C(=O)N(CCC3=CCCCC3)c3nc4ccccc4n32)cc1. The van der Waals surface area contributed by atoms with Crippen molar-refractivity contribution in [2.24, 2.45) is 0 Å². The standard InChI is InChI=1S/C26H28N4O3/c1-33-20-13-11-19(12-14-20)27-24(31)17-23-25(32)29(16-15-18-7-3-2-4-8-18)26-28-21-9-5-6-10-22(21)30(23)26/h5-7,9-14,23H,2-4,8,15-17H2,1H3,(H,27,31). The second kappa shape index (κ2) is 9.10. The number of aromatic nitrogens is 2. The Bertz CT molecular complexity index is 1210. The average molecular weight is 445 g/mol. The van der Waals surface area contributed by atoms with Gasteiger partial charge in [-0.05, 0) is 68.5 Å². The van der Waals surface area contributed by atoms with Crippen LogP contribution in [0.4, 0.5) is 11.6 Å². The number of fused-ring (bicyclic) bond motifs is 3. The molecule has 1 aromatic heterocycles. The van der Waals surface area contributed by atoms with Crippen molar-refractivity contribution in [3.63, 3.8) is 0 Å². The van der Waals surface area contributed by atoms with Gasteiger partial charge >= 0.3 is 0 Å². The van der Waals surface area contributed by atoms with Crippen LogP contribution in [0.2, 0.25) is 0 Å². The Morgan fingerprint density at radius 1 is 1.15 bits per heavy atom. The molecule has 1 N–H and O–H groups in total. The number of nitrogens with one attached hydrogen (secondary N) is 1. The van der Waals surface area contributed by atoms with Crippen LogP contribution >= 0.6 is 0 Å². The molecule has 2 amide bonds. The minimum absolute atomic E-state index is 0.0530. The molecule has 0 saturated heterocycles. The lowest BCUT2D eigenvalue weighted by atomic mass is 9.97. The summed E-state index contributed by atoms with van der Waals surface area (Å²) in [5.74, 6) is 1.08. The van der Waals surface area contributed by atoms with Crippen molar-refractivity contribution in [1.82, 2.24) is 9.55 Å². The maximum absolute atomic E-state index is 13.5. The summed E-state index contributed by atoms with van der Waals surface area (Å²) in [5, 5.41) is 2.90. The number of nitrogens with zero attached hydrogens (tertiary/aromatic N) is 3. The number of allylic oxidation sites excluding steroid dienone is 1. The van der Waals surface area contributed by atoms with Gasteiger partial charge in [0.2, 0.25) is 11.9 Å². The minimum Gasteiger partial charge on any atom is -0.497 e. The number of para-hydroxylation sites is 2. The van der Waals surface area contributed by atoms with Gasteiger partial charge in [-0.15, -0.1) is 0 Å². The summed E-state index contributed by atoms with van der Waals surface area (Å²) in [4.78, 5) is 32.9. The van der Waals surface area contributed by atoms with Gasteiger partial charge in [0.25, 0.3) is 5.91 Å². The highest BCUT2D eigenvalue weighted by Gasteiger charge is 2.40. The van der Waals surface area contributed by atoms with Crippen LogP contribution in [0.5, 0.6) is 5.75 Å². The molecule has 7 nitrogen and oxygen atoms in total. The van der Waals surface area contributed by atoms with E-state index in [2.05, 4.69) is 11.4 Å². The van der Waals surface area contributed by atoms with Gasteiger partial charge in [0.15, 0.2) is 0 Å². The first-order valence-electron chi connectivity index (χ1n) is 11.5. The molecular weight excluding hydrogens is 416 g/mol. The molecule has 7 heteroatoms. The highest BCUT2D eigenvalue weighted by molar-refractivity contribution is 6.05. The number of benzene rings is 2. The van der Waals surface area contributed by atoms with Gasteiger partial charge in [0.1, 0.15) is 11.8 Å². The van der Waals surface area contributed by atoms with Gasteiger partial charge < -0.3 is 10.1 Å². The van der Waals surface area contributed by atoms with E-state index in [1.807, 2.05) is 28.8 Å². The smallest absolute Gasteiger partial charge is 0.253 e. The molecule has 170 valence electrons. The number of carbonyl (C=O) groups is 2. The lowest BCUT2D eigenvalue weighted by Gasteiger charge is -2.18. The van der Waals surface area contributed by atoms with Gasteiger partial charge in [-0.2, -0.15) is 0 Å². The van der Waals surface area contributed by atoms with Crippen LogP contribution in [0.15, 0.2) is 60.2 Å². The number of methoxy groups -OCH3 is 1. The van der Waals surface area contributed by atoms with E-state index in [1.54, 1.807) is 36.3 Å². The monoisotopic (exact) mass is 444 g/mol. The summed E-state index contributed by atoms with van der Waals surface area (Å²) in [6.07, 6.45) is 7.89. The van der Waals surface area contributed by atoms with Crippen molar-refractivity contribution in [3.05, 3.63) is 60.2 Å². The average Bonchev–Trinajstić information content (AvgIpc) is 3.33. The Balaban J connectivity index is 1.38.